The second-order valence-corrected chi connectivity index (χ2v) is 9.45. The van der Waals surface area contributed by atoms with Gasteiger partial charge in [0.1, 0.15) is 5.57 Å². The van der Waals surface area contributed by atoms with Crippen LogP contribution in [-0.2, 0) is 9.59 Å². The van der Waals surface area contributed by atoms with Crippen molar-refractivity contribution in [1.82, 2.24) is 5.32 Å². The van der Waals surface area contributed by atoms with Crippen LogP contribution in [0.1, 0.15) is 43.0 Å². The molecule has 2 aliphatic rings. The monoisotopic (exact) mass is 445 g/mol. The smallest absolute Gasteiger partial charge is 0.270 e. The van der Waals surface area contributed by atoms with Gasteiger partial charge < -0.3 is 4.90 Å². The highest BCUT2D eigenvalue weighted by molar-refractivity contribution is 7.80. The lowest BCUT2D eigenvalue weighted by molar-refractivity contribution is -0.122. The van der Waals surface area contributed by atoms with Gasteiger partial charge in [-0.2, -0.15) is 0 Å². The summed E-state index contributed by atoms with van der Waals surface area (Å²) in [6.07, 6.45) is 3.90. The molecule has 0 aliphatic carbocycles. The molecule has 32 heavy (non-hydrogen) atoms. The van der Waals surface area contributed by atoms with Crippen molar-refractivity contribution in [3.63, 3.8) is 0 Å². The summed E-state index contributed by atoms with van der Waals surface area (Å²) in [7, 11) is 2.08. The van der Waals surface area contributed by atoms with E-state index >= 15 is 0 Å². The number of amides is 2. The largest absolute Gasteiger partial charge is 0.365 e. The summed E-state index contributed by atoms with van der Waals surface area (Å²) in [6, 6.07) is 11.6. The van der Waals surface area contributed by atoms with Crippen molar-refractivity contribution in [3.8, 4) is 0 Å². The molecule has 0 saturated carbocycles. The molecule has 0 bridgehead atoms. The van der Waals surface area contributed by atoms with E-state index in [0.29, 0.717) is 5.69 Å². The van der Waals surface area contributed by atoms with Crippen molar-refractivity contribution in [1.29, 1.82) is 0 Å². The number of benzene rings is 2. The van der Waals surface area contributed by atoms with Crippen LogP contribution in [0.15, 0.2) is 48.0 Å². The van der Waals surface area contributed by atoms with Crippen LogP contribution in [0.4, 0.5) is 11.4 Å². The molecule has 5 nitrogen and oxygen atoms in total. The molecule has 0 radical (unpaired) electrons. The number of carbonyl (C=O) groups excluding carboxylic acids is 2. The maximum Gasteiger partial charge on any atom is 0.270 e. The molecule has 6 heteroatoms. The fourth-order valence-corrected chi connectivity index (χ4v) is 4.50. The van der Waals surface area contributed by atoms with Gasteiger partial charge in [-0.05, 0) is 93.9 Å². The Balaban J connectivity index is 1.78. The molecule has 2 aliphatic heterocycles. The van der Waals surface area contributed by atoms with Crippen LogP contribution in [0.25, 0.3) is 11.6 Å². The minimum absolute atomic E-state index is 0.0633. The van der Waals surface area contributed by atoms with Crippen LogP contribution in [0, 0.1) is 13.8 Å². The number of nitrogens with one attached hydrogen (secondary N) is 1. The number of anilines is 2. The maximum atomic E-state index is 13.3. The van der Waals surface area contributed by atoms with Crippen LogP contribution in [-0.4, -0.2) is 29.5 Å². The second kappa shape index (κ2) is 7.71. The SMILES string of the molecule is CC1=CC(C)(C)N(C)c2cc(C)c(/C=C3\C(=O)NC(=S)N(c4ccc(C)cc4)C3=O)cc21. The predicted octanol–water partition coefficient (Wildman–Crippen LogP) is 4.77. The molecule has 0 unspecified atom stereocenters. The molecule has 2 amide bonds. The zero-order valence-corrected chi connectivity index (χ0v) is 20.1. The number of fused-ring (bicyclic) bond motifs is 1. The second-order valence-electron chi connectivity index (χ2n) is 9.06. The Morgan fingerprint density at radius 2 is 1.69 bits per heavy atom. The third-order valence-corrected chi connectivity index (χ3v) is 6.58. The van der Waals surface area contributed by atoms with Crippen molar-refractivity contribution in [2.75, 3.05) is 16.8 Å². The lowest BCUT2D eigenvalue weighted by atomic mass is 9.87. The summed E-state index contributed by atoms with van der Waals surface area (Å²) >= 11 is 5.30. The quantitative estimate of drug-likeness (QED) is 0.411. The molecule has 0 spiro atoms. The number of carbonyl (C=O) groups is 2. The number of likely N-dealkylation sites (N-methyl/N-ethyl adjacent to an activating group) is 1. The van der Waals surface area contributed by atoms with Crippen LogP contribution in [0.3, 0.4) is 0 Å². The molecule has 0 atom stereocenters. The molecule has 1 fully saturated rings. The number of hydrogen-bond donors (Lipinski definition) is 1. The summed E-state index contributed by atoms with van der Waals surface area (Å²) in [5.74, 6) is -0.906. The first-order chi connectivity index (χ1) is 15.0. The van der Waals surface area contributed by atoms with Gasteiger partial charge in [0.2, 0.25) is 0 Å². The van der Waals surface area contributed by atoms with E-state index in [2.05, 4.69) is 56.2 Å². The highest BCUT2D eigenvalue weighted by Crippen LogP contribution is 2.39. The molecular weight excluding hydrogens is 418 g/mol. The fraction of sp³-hybridized carbons (Fsp3) is 0.269. The number of hydrogen-bond acceptors (Lipinski definition) is 4. The summed E-state index contributed by atoms with van der Waals surface area (Å²) < 4.78 is 0. The van der Waals surface area contributed by atoms with Crippen LogP contribution < -0.4 is 15.1 Å². The Kier molecular flexibility index (Phi) is 5.29. The van der Waals surface area contributed by atoms with E-state index in [0.717, 1.165) is 27.9 Å². The Morgan fingerprint density at radius 3 is 2.34 bits per heavy atom. The Bertz CT molecular complexity index is 1220. The molecular formula is C26H27N3O2S. The zero-order valence-electron chi connectivity index (χ0n) is 19.2. The third-order valence-electron chi connectivity index (χ3n) is 6.30. The normalized spacial score (nSPS) is 19.1. The molecule has 1 N–H and O–H groups in total. The van der Waals surface area contributed by atoms with Crippen LogP contribution in [0.5, 0.6) is 0 Å². The van der Waals surface area contributed by atoms with Gasteiger partial charge in [-0.15, -0.1) is 0 Å². The first-order valence-electron chi connectivity index (χ1n) is 10.6. The number of thiocarbonyl (C=S) groups is 1. The van der Waals surface area contributed by atoms with Crippen molar-refractivity contribution < 1.29 is 9.59 Å². The Morgan fingerprint density at radius 1 is 1.03 bits per heavy atom. The van der Waals surface area contributed by atoms with Crippen LogP contribution in [0.2, 0.25) is 0 Å². The fourth-order valence-electron chi connectivity index (χ4n) is 4.21. The maximum absolute atomic E-state index is 13.3. The predicted molar refractivity (Wildman–Crippen MR) is 135 cm³/mol. The number of aryl methyl sites for hydroxylation is 2. The molecule has 0 aromatic heterocycles. The number of rotatable bonds is 2. The first-order valence-corrected chi connectivity index (χ1v) is 11.0. The van der Waals surface area contributed by atoms with E-state index in [1.165, 1.54) is 10.5 Å². The van der Waals surface area contributed by atoms with Crippen molar-refractivity contribution in [2.45, 2.75) is 40.2 Å². The number of allylic oxidation sites excluding steroid dienone is 1. The molecule has 2 aromatic rings. The summed E-state index contributed by atoms with van der Waals surface area (Å²) in [4.78, 5) is 29.7. The van der Waals surface area contributed by atoms with E-state index in [9.17, 15) is 9.59 Å². The van der Waals surface area contributed by atoms with E-state index in [-0.39, 0.29) is 16.2 Å². The van der Waals surface area contributed by atoms with Gasteiger partial charge in [0.25, 0.3) is 11.8 Å². The van der Waals surface area contributed by atoms with Gasteiger partial charge in [-0.25, -0.2) is 0 Å². The lowest BCUT2D eigenvalue weighted by Gasteiger charge is -2.41. The van der Waals surface area contributed by atoms with Gasteiger partial charge in [0.05, 0.1) is 11.2 Å². The minimum Gasteiger partial charge on any atom is -0.365 e. The minimum atomic E-state index is -0.481. The highest BCUT2D eigenvalue weighted by Gasteiger charge is 2.35. The van der Waals surface area contributed by atoms with Gasteiger partial charge in [0, 0.05) is 18.3 Å². The average Bonchev–Trinajstić information content (AvgIpc) is 2.71. The highest BCUT2D eigenvalue weighted by atomic mass is 32.1. The summed E-state index contributed by atoms with van der Waals surface area (Å²) in [5, 5.41) is 2.75. The molecule has 4 rings (SSSR count). The average molecular weight is 446 g/mol. The van der Waals surface area contributed by atoms with E-state index in [1.54, 1.807) is 6.08 Å². The van der Waals surface area contributed by atoms with Crippen molar-refractivity contribution in [3.05, 3.63) is 70.3 Å². The Hall–Kier alpha value is -3.25. The van der Waals surface area contributed by atoms with Gasteiger partial charge in [0.15, 0.2) is 5.11 Å². The molecule has 1 saturated heterocycles. The zero-order chi connectivity index (χ0) is 23.4. The molecule has 164 valence electrons. The standard InChI is InChI=1S/C26H27N3O2S/c1-15-7-9-19(10-8-15)29-24(31)21(23(30)27-25(29)32)13-18-12-20-17(3)14-26(4,5)28(6)22(20)11-16(18)2/h7-14H,1-6H3,(H,27,30,32)/b21-13+. The summed E-state index contributed by atoms with van der Waals surface area (Å²) in [6.45, 7) is 10.4. The summed E-state index contributed by atoms with van der Waals surface area (Å²) in [5.41, 5.74) is 6.90. The van der Waals surface area contributed by atoms with Gasteiger partial charge in [-0.3, -0.25) is 19.8 Å². The molecule has 2 aromatic carbocycles. The van der Waals surface area contributed by atoms with E-state index < -0.39 is 11.8 Å². The van der Waals surface area contributed by atoms with Crippen LogP contribution >= 0.6 is 12.2 Å². The third kappa shape index (κ3) is 3.65. The Labute approximate surface area is 194 Å². The topological polar surface area (TPSA) is 52.7 Å². The van der Waals surface area contributed by atoms with E-state index in [4.69, 9.17) is 12.2 Å². The van der Waals surface area contributed by atoms with Crippen molar-refractivity contribution in [2.24, 2.45) is 0 Å². The molecule has 2 heterocycles. The van der Waals surface area contributed by atoms with Gasteiger partial charge >= 0.3 is 0 Å². The first kappa shape index (κ1) is 22.0. The van der Waals surface area contributed by atoms with Crippen molar-refractivity contribution >= 4 is 52.2 Å². The number of nitrogens with zero attached hydrogens (tertiary/aromatic N) is 2. The lowest BCUT2D eigenvalue weighted by Crippen LogP contribution is -2.54. The van der Waals surface area contributed by atoms with Gasteiger partial charge in [-0.1, -0.05) is 23.8 Å². The van der Waals surface area contributed by atoms with E-state index in [1.807, 2.05) is 38.1 Å².